The molecule has 1 amide bonds. The lowest BCUT2D eigenvalue weighted by Gasteiger charge is -2.07. The molecule has 1 aromatic heterocycles. The summed E-state index contributed by atoms with van der Waals surface area (Å²) in [4.78, 5) is 16.0. The lowest BCUT2D eigenvalue weighted by atomic mass is 10.1. The molecule has 0 saturated carbocycles. The van der Waals surface area contributed by atoms with Gasteiger partial charge in [-0.1, -0.05) is 0 Å². The van der Waals surface area contributed by atoms with Gasteiger partial charge in [-0.05, 0) is 32.4 Å². The second-order valence-corrected chi connectivity index (χ2v) is 5.80. The molecule has 18 heavy (non-hydrogen) atoms. The van der Waals surface area contributed by atoms with Crippen molar-refractivity contribution < 1.29 is 13.2 Å². The van der Waals surface area contributed by atoms with Gasteiger partial charge in [-0.15, -0.1) is 0 Å². The lowest BCUT2D eigenvalue weighted by Crippen LogP contribution is -2.28. The third-order valence-electron chi connectivity index (χ3n) is 2.36. The molecule has 0 aliphatic rings. The maximum atomic E-state index is 11.8. The van der Waals surface area contributed by atoms with Crippen molar-refractivity contribution in [2.24, 2.45) is 5.14 Å². The van der Waals surface area contributed by atoms with E-state index < -0.39 is 10.0 Å². The van der Waals surface area contributed by atoms with Crippen LogP contribution < -0.4 is 10.5 Å². The Morgan fingerprint density at radius 1 is 1.39 bits per heavy atom. The maximum Gasteiger partial charge on any atom is 0.253 e. The standard InChI is InChI=1S/C11H17N3O3S/c1-8-4-5-10(9(2)14-8)11(15)13-6-3-7-18(12,16)17/h4-5H,3,6-7H2,1-2H3,(H,13,15)(H2,12,16,17). The summed E-state index contributed by atoms with van der Waals surface area (Å²) in [7, 11) is -3.46. The molecule has 0 spiro atoms. The molecule has 0 aliphatic heterocycles. The van der Waals surface area contributed by atoms with Gasteiger partial charge in [0.05, 0.1) is 17.0 Å². The number of nitrogens with two attached hydrogens (primary N) is 1. The Bertz CT molecular complexity index is 540. The van der Waals surface area contributed by atoms with Gasteiger partial charge in [-0.3, -0.25) is 9.78 Å². The largest absolute Gasteiger partial charge is 0.352 e. The van der Waals surface area contributed by atoms with Gasteiger partial charge in [-0.2, -0.15) is 0 Å². The molecule has 1 aromatic rings. The van der Waals surface area contributed by atoms with E-state index in [1.54, 1.807) is 19.1 Å². The molecule has 0 aromatic carbocycles. The Hall–Kier alpha value is -1.47. The first-order chi connectivity index (χ1) is 8.29. The van der Waals surface area contributed by atoms with E-state index in [1.165, 1.54) is 0 Å². The fourth-order valence-corrected chi connectivity index (χ4v) is 2.04. The highest BCUT2D eigenvalue weighted by molar-refractivity contribution is 7.89. The molecule has 0 bridgehead atoms. The Morgan fingerprint density at radius 2 is 2.06 bits per heavy atom. The molecule has 0 fully saturated rings. The first-order valence-electron chi connectivity index (χ1n) is 5.52. The van der Waals surface area contributed by atoms with Crippen LogP contribution in [0.5, 0.6) is 0 Å². The van der Waals surface area contributed by atoms with Crippen LogP contribution in [0.4, 0.5) is 0 Å². The predicted molar refractivity (Wildman–Crippen MR) is 68.6 cm³/mol. The van der Waals surface area contributed by atoms with Gasteiger partial charge in [0.25, 0.3) is 5.91 Å². The molecule has 0 aliphatic carbocycles. The van der Waals surface area contributed by atoms with Crippen LogP contribution in [-0.2, 0) is 10.0 Å². The number of amides is 1. The molecule has 0 radical (unpaired) electrons. The number of hydrogen-bond acceptors (Lipinski definition) is 4. The van der Waals surface area contributed by atoms with Gasteiger partial charge in [0.15, 0.2) is 0 Å². The quantitative estimate of drug-likeness (QED) is 0.742. The number of aromatic nitrogens is 1. The molecular weight excluding hydrogens is 254 g/mol. The molecule has 0 atom stereocenters. The van der Waals surface area contributed by atoms with Gasteiger partial charge in [0, 0.05) is 12.2 Å². The van der Waals surface area contributed by atoms with E-state index in [0.717, 1.165) is 5.69 Å². The van der Waals surface area contributed by atoms with Gasteiger partial charge in [0.1, 0.15) is 0 Å². The number of hydrogen-bond donors (Lipinski definition) is 2. The Kier molecular flexibility index (Phi) is 4.80. The normalized spacial score (nSPS) is 11.3. The highest BCUT2D eigenvalue weighted by Gasteiger charge is 2.09. The van der Waals surface area contributed by atoms with Crippen molar-refractivity contribution in [2.75, 3.05) is 12.3 Å². The summed E-state index contributed by atoms with van der Waals surface area (Å²) in [5.74, 6) is -0.396. The van der Waals surface area contributed by atoms with E-state index >= 15 is 0 Å². The van der Waals surface area contributed by atoms with Crippen LogP contribution >= 0.6 is 0 Å². The number of sulfonamides is 1. The third-order valence-corrected chi connectivity index (χ3v) is 3.22. The van der Waals surface area contributed by atoms with Crippen LogP contribution in [0.1, 0.15) is 28.2 Å². The second kappa shape index (κ2) is 5.92. The summed E-state index contributed by atoms with van der Waals surface area (Å²) < 4.78 is 21.4. The molecule has 1 heterocycles. The van der Waals surface area contributed by atoms with Crippen LogP contribution in [0.25, 0.3) is 0 Å². The number of nitrogens with one attached hydrogen (secondary N) is 1. The first kappa shape index (κ1) is 14.6. The van der Waals surface area contributed by atoms with Gasteiger partial charge in [-0.25, -0.2) is 13.6 Å². The minimum absolute atomic E-state index is 0.140. The van der Waals surface area contributed by atoms with Crippen LogP contribution in [0.3, 0.4) is 0 Å². The lowest BCUT2D eigenvalue weighted by molar-refractivity contribution is 0.0952. The molecule has 0 unspecified atom stereocenters. The van der Waals surface area contributed by atoms with Crippen molar-refractivity contribution >= 4 is 15.9 Å². The zero-order chi connectivity index (χ0) is 13.8. The van der Waals surface area contributed by atoms with E-state index in [2.05, 4.69) is 10.3 Å². The molecule has 3 N–H and O–H groups in total. The van der Waals surface area contributed by atoms with Crippen molar-refractivity contribution in [2.45, 2.75) is 20.3 Å². The van der Waals surface area contributed by atoms with Crippen LogP contribution in [-0.4, -0.2) is 31.6 Å². The summed E-state index contributed by atoms with van der Waals surface area (Å²) in [6, 6.07) is 3.46. The number of nitrogens with zero attached hydrogens (tertiary/aromatic N) is 1. The van der Waals surface area contributed by atoms with Crippen molar-refractivity contribution in [3.05, 3.63) is 29.1 Å². The third kappa shape index (κ3) is 4.80. The zero-order valence-electron chi connectivity index (χ0n) is 10.4. The highest BCUT2D eigenvalue weighted by atomic mass is 32.2. The summed E-state index contributed by atoms with van der Waals surface area (Å²) in [6.07, 6.45) is 0.295. The average Bonchev–Trinajstić information content (AvgIpc) is 2.22. The Morgan fingerprint density at radius 3 is 2.61 bits per heavy atom. The molecule has 6 nitrogen and oxygen atoms in total. The number of primary sulfonamides is 1. The predicted octanol–water partition coefficient (Wildman–Crippen LogP) is 0.107. The van der Waals surface area contributed by atoms with E-state index in [-0.39, 0.29) is 18.2 Å². The minimum Gasteiger partial charge on any atom is -0.352 e. The molecule has 0 saturated heterocycles. The van der Waals surface area contributed by atoms with E-state index in [0.29, 0.717) is 17.7 Å². The van der Waals surface area contributed by atoms with Crippen molar-refractivity contribution in [1.82, 2.24) is 10.3 Å². The first-order valence-corrected chi connectivity index (χ1v) is 7.24. The monoisotopic (exact) mass is 271 g/mol. The second-order valence-electron chi connectivity index (χ2n) is 4.06. The summed E-state index contributed by atoms with van der Waals surface area (Å²) in [5.41, 5.74) is 1.99. The average molecular weight is 271 g/mol. The number of carbonyl (C=O) groups excluding carboxylic acids is 1. The fraction of sp³-hybridized carbons (Fsp3) is 0.455. The summed E-state index contributed by atoms with van der Waals surface area (Å²) in [6.45, 7) is 3.87. The summed E-state index contributed by atoms with van der Waals surface area (Å²) >= 11 is 0. The van der Waals surface area contributed by atoms with E-state index in [4.69, 9.17) is 5.14 Å². The van der Waals surface area contributed by atoms with Crippen LogP contribution in [0.15, 0.2) is 12.1 Å². The van der Waals surface area contributed by atoms with Crippen molar-refractivity contribution in [3.8, 4) is 0 Å². The fourth-order valence-electron chi connectivity index (χ4n) is 1.50. The maximum absolute atomic E-state index is 11.8. The molecule has 1 rings (SSSR count). The SMILES string of the molecule is Cc1ccc(C(=O)NCCCS(N)(=O)=O)c(C)n1. The minimum atomic E-state index is -3.46. The van der Waals surface area contributed by atoms with Crippen molar-refractivity contribution in [1.29, 1.82) is 0 Å². The van der Waals surface area contributed by atoms with Crippen LogP contribution in [0, 0.1) is 13.8 Å². The number of aryl methyl sites for hydroxylation is 2. The van der Waals surface area contributed by atoms with E-state index in [9.17, 15) is 13.2 Å². The number of carbonyl (C=O) groups is 1. The smallest absolute Gasteiger partial charge is 0.253 e. The number of rotatable bonds is 5. The molecular formula is C11H17N3O3S. The molecule has 100 valence electrons. The zero-order valence-corrected chi connectivity index (χ0v) is 11.3. The summed E-state index contributed by atoms with van der Waals surface area (Å²) in [5, 5.41) is 7.49. The van der Waals surface area contributed by atoms with Gasteiger partial charge in [0.2, 0.25) is 10.0 Å². The van der Waals surface area contributed by atoms with Gasteiger partial charge >= 0.3 is 0 Å². The van der Waals surface area contributed by atoms with Gasteiger partial charge < -0.3 is 5.32 Å². The van der Waals surface area contributed by atoms with E-state index in [1.807, 2.05) is 6.92 Å². The highest BCUT2D eigenvalue weighted by Crippen LogP contribution is 2.06. The van der Waals surface area contributed by atoms with Crippen LogP contribution in [0.2, 0.25) is 0 Å². The Labute approximate surface area is 107 Å². The topological polar surface area (TPSA) is 102 Å². The van der Waals surface area contributed by atoms with Crippen molar-refractivity contribution in [3.63, 3.8) is 0 Å². The Balaban J connectivity index is 2.51. The number of pyridine rings is 1. The molecule has 7 heteroatoms.